The molecular weight excluding hydrogens is 989 g/mol. The van der Waals surface area contributed by atoms with Crippen LogP contribution >= 0.6 is 11.8 Å². The predicted molar refractivity (Wildman–Crippen MR) is 333 cm³/mol. The van der Waals surface area contributed by atoms with Gasteiger partial charge in [-0.25, -0.2) is 0 Å². The number of aromatic nitrogens is 1. The summed E-state index contributed by atoms with van der Waals surface area (Å²) in [6.45, 7) is 14.1. The summed E-state index contributed by atoms with van der Waals surface area (Å²) in [5, 5.41) is 2.47. The molecule has 0 bridgehead atoms. The Labute approximate surface area is 473 Å². The maximum absolute atomic E-state index is 7.05. The van der Waals surface area contributed by atoms with E-state index in [-0.39, 0.29) is 10.8 Å². The molecule has 0 fully saturated rings. The molecule has 0 atom stereocenters. The summed E-state index contributed by atoms with van der Waals surface area (Å²) in [6.07, 6.45) is 0. The van der Waals surface area contributed by atoms with Gasteiger partial charge in [0, 0.05) is 54.4 Å². The van der Waals surface area contributed by atoms with Crippen molar-refractivity contribution in [3.63, 3.8) is 0 Å². The molecule has 1 aromatic heterocycles. The van der Waals surface area contributed by atoms with E-state index >= 15 is 0 Å². The van der Waals surface area contributed by atoms with Gasteiger partial charge >= 0.3 is 0 Å². The number of hydrogen-bond donors (Lipinski definition) is 0. The van der Waals surface area contributed by atoms with Crippen molar-refractivity contribution in [3.05, 3.63) is 310 Å². The molecule has 80 heavy (non-hydrogen) atoms. The molecule has 1 aliphatic carbocycles. The van der Waals surface area contributed by atoms with E-state index in [1.165, 1.54) is 87.2 Å². The monoisotopic (exact) mass is 1050 g/mol. The van der Waals surface area contributed by atoms with Gasteiger partial charge in [0.25, 0.3) is 0 Å². The Balaban J connectivity index is 1.04. The summed E-state index contributed by atoms with van der Waals surface area (Å²) in [5.74, 6) is 1.69. The van der Waals surface area contributed by atoms with Gasteiger partial charge in [-0.1, -0.05) is 229 Å². The smallest absolute Gasteiger partial charge is 0.132 e. The minimum Gasteiger partial charge on any atom is -0.457 e. The summed E-state index contributed by atoms with van der Waals surface area (Å²) in [4.78, 5) is 5.10. The van der Waals surface area contributed by atoms with Crippen molar-refractivity contribution in [2.24, 2.45) is 0 Å². The third kappa shape index (κ3) is 7.07. The quantitative estimate of drug-likeness (QED) is 0.165. The number of benzene rings is 11. The Bertz CT molecular complexity index is 4300. The largest absolute Gasteiger partial charge is 0.457 e. The van der Waals surface area contributed by atoms with E-state index in [9.17, 15) is 0 Å². The number of hydrogen-bond acceptors (Lipinski definition) is 3. The van der Waals surface area contributed by atoms with Gasteiger partial charge < -0.3 is 14.2 Å². The summed E-state index contributed by atoms with van der Waals surface area (Å²) in [5.41, 5.74) is 20.1. The second-order valence-corrected chi connectivity index (χ2v) is 25.1. The first kappa shape index (κ1) is 48.3. The second-order valence-electron chi connectivity index (χ2n) is 24.0. The first-order chi connectivity index (χ1) is 38.9. The van der Waals surface area contributed by atoms with Crippen LogP contribution in [0.25, 0.3) is 38.6 Å². The van der Waals surface area contributed by atoms with E-state index in [1.807, 2.05) is 11.8 Å². The number of para-hydroxylation sites is 3. The van der Waals surface area contributed by atoms with Crippen molar-refractivity contribution in [1.29, 1.82) is 0 Å². The number of anilines is 3. The summed E-state index contributed by atoms with van der Waals surface area (Å²) in [6, 6.07) is 95.5. The highest BCUT2D eigenvalue weighted by molar-refractivity contribution is 7.99. The Morgan fingerprint density at radius 3 is 1.49 bits per heavy atom. The van der Waals surface area contributed by atoms with E-state index in [0.29, 0.717) is 0 Å². The average molecular weight is 1050 g/mol. The molecule has 0 saturated heterocycles. The van der Waals surface area contributed by atoms with Crippen LogP contribution < -0.4 is 9.64 Å². The minimum atomic E-state index is -0.717. The zero-order valence-electron chi connectivity index (χ0n) is 46.0. The number of ether oxygens (including phenoxy) is 1. The third-order valence-electron chi connectivity index (χ3n) is 17.5. The normalized spacial score (nSPS) is 14.4. The molecule has 1 spiro atoms. The zero-order chi connectivity index (χ0) is 54.1. The van der Waals surface area contributed by atoms with Gasteiger partial charge in [0.15, 0.2) is 0 Å². The van der Waals surface area contributed by atoms with Gasteiger partial charge in [-0.15, -0.1) is 0 Å². The highest BCUT2D eigenvalue weighted by Gasteiger charge is 2.52. The van der Waals surface area contributed by atoms with E-state index in [2.05, 4.69) is 306 Å². The zero-order valence-corrected chi connectivity index (χ0v) is 46.8. The molecule has 3 aliphatic rings. The lowest BCUT2D eigenvalue weighted by molar-refractivity contribution is 0.434. The van der Waals surface area contributed by atoms with Crippen LogP contribution in [-0.2, 0) is 21.7 Å². The van der Waals surface area contributed by atoms with Crippen LogP contribution in [0.4, 0.5) is 17.1 Å². The minimum absolute atomic E-state index is 0.0686. The summed E-state index contributed by atoms with van der Waals surface area (Å²) < 4.78 is 9.48. The second kappa shape index (κ2) is 17.8. The molecule has 0 radical (unpaired) electrons. The van der Waals surface area contributed by atoms with Crippen molar-refractivity contribution in [3.8, 4) is 28.3 Å². The van der Waals surface area contributed by atoms with Crippen LogP contribution in [0.3, 0.4) is 0 Å². The molecule has 3 heterocycles. The fourth-order valence-corrected chi connectivity index (χ4v) is 14.9. The fraction of sp³-hybridized carbons (Fsp3) is 0.132. The van der Waals surface area contributed by atoms with E-state index in [4.69, 9.17) is 4.74 Å². The topological polar surface area (TPSA) is 17.4 Å². The Morgan fingerprint density at radius 2 is 0.863 bits per heavy atom. The lowest BCUT2D eigenvalue weighted by Crippen LogP contribution is -2.34. The Hall–Kier alpha value is -8.83. The van der Waals surface area contributed by atoms with Crippen molar-refractivity contribution < 1.29 is 4.74 Å². The van der Waals surface area contributed by atoms with Crippen molar-refractivity contribution in [1.82, 2.24) is 4.57 Å². The predicted octanol–water partition coefficient (Wildman–Crippen LogP) is 20.2. The standard InChI is InChI=1S/C76H60N2OS/c1-73(2,3)51-36-42-71-65(44-51)76(66-45-52(74(4,5)6)37-43-72(66)80-71)61-31-16-13-28-57(61)58-40-38-55(47-63(58)76)77(53-26-21-27-54(46-53)78-67-33-18-14-29-59(67)60-30-15-19-34-68(60)78)56-39-41-70-64(48-56)75(49-22-9-7-10-23-49,50-24-11-8-12-25-50)62-32-17-20-35-69(62)79-70/h7-48H,1-6H3. The van der Waals surface area contributed by atoms with E-state index in [1.54, 1.807) is 0 Å². The number of rotatable bonds is 6. The maximum atomic E-state index is 7.05. The molecule has 0 saturated carbocycles. The van der Waals surface area contributed by atoms with Crippen molar-refractivity contribution in [2.75, 3.05) is 4.90 Å². The molecular formula is C76H60N2OS. The van der Waals surface area contributed by atoms with Gasteiger partial charge in [-0.05, 0) is 145 Å². The van der Waals surface area contributed by atoms with Gasteiger partial charge in [0.1, 0.15) is 11.5 Å². The number of fused-ring (bicyclic) bond motifs is 14. The highest BCUT2D eigenvalue weighted by atomic mass is 32.2. The van der Waals surface area contributed by atoms with E-state index in [0.717, 1.165) is 45.4 Å². The molecule has 386 valence electrons. The average Bonchev–Trinajstić information content (AvgIpc) is 4.11. The Kier molecular flexibility index (Phi) is 10.8. The van der Waals surface area contributed by atoms with Crippen molar-refractivity contribution in [2.45, 2.75) is 73.0 Å². The van der Waals surface area contributed by atoms with Crippen LogP contribution in [0, 0.1) is 0 Å². The van der Waals surface area contributed by atoms with E-state index < -0.39 is 10.8 Å². The molecule has 4 heteroatoms. The third-order valence-corrected chi connectivity index (χ3v) is 18.6. The Morgan fingerprint density at radius 1 is 0.362 bits per heavy atom. The maximum Gasteiger partial charge on any atom is 0.132 e. The SMILES string of the molecule is CC(C)(C)c1ccc2c(c1)C1(c3cc(C(C)(C)C)ccc3S2)c2ccccc2-c2ccc(N(c3cccc(-n4c5ccccc5c5ccccc54)c3)c3ccc4c(c3)C(c3ccccc3)(c3ccccc3)c3ccccc3O4)cc21. The fourth-order valence-electron chi connectivity index (χ4n) is 13.8. The van der Waals surface area contributed by atoms with Crippen LogP contribution in [0.2, 0.25) is 0 Å². The van der Waals surface area contributed by atoms with Crippen LogP contribution in [0.1, 0.15) is 97.2 Å². The molecule has 15 rings (SSSR count). The molecule has 3 nitrogen and oxygen atoms in total. The van der Waals surface area contributed by atoms with Crippen LogP contribution in [0.5, 0.6) is 11.5 Å². The molecule has 12 aromatic rings. The van der Waals surface area contributed by atoms with Gasteiger partial charge in [-0.3, -0.25) is 0 Å². The highest BCUT2D eigenvalue weighted by Crippen LogP contribution is 2.64. The first-order valence-corrected chi connectivity index (χ1v) is 28.9. The molecule has 0 N–H and O–H groups in total. The van der Waals surface area contributed by atoms with Gasteiger partial charge in [-0.2, -0.15) is 0 Å². The van der Waals surface area contributed by atoms with Crippen LogP contribution in [0.15, 0.2) is 265 Å². The number of nitrogens with zero attached hydrogens (tertiary/aromatic N) is 2. The lowest BCUT2D eigenvalue weighted by atomic mass is 9.63. The van der Waals surface area contributed by atoms with Crippen molar-refractivity contribution >= 4 is 50.6 Å². The summed E-state index contributed by atoms with van der Waals surface area (Å²) in [7, 11) is 0. The van der Waals surface area contributed by atoms with Gasteiger partial charge in [0.2, 0.25) is 0 Å². The summed E-state index contributed by atoms with van der Waals surface area (Å²) >= 11 is 1.92. The molecule has 11 aromatic carbocycles. The molecule has 0 unspecified atom stereocenters. The lowest BCUT2D eigenvalue weighted by Gasteiger charge is -2.42. The molecule has 2 aliphatic heterocycles. The van der Waals surface area contributed by atoms with Gasteiger partial charge in [0.05, 0.1) is 21.9 Å². The van der Waals surface area contributed by atoms with Crippen LogP contribution in [-0.4, -0.2) is 4.57 Å². The first-order valence-electron chi connectivity index (χ1n) is 28.1. The molecule has 0 amide bonds.